The third kappa shape index (κ3) is 2.47. The van der Waals surface area contributed by atoms with Crippen LogP contribution in [0.2, 0.25) is 0 Å². The normalized spacial score (nSPS) is 11.2. The zero-order valence-electron chi connectivity index (χ0n) is 11.6. The van der Waals surface area contributed by atoms with Gasteiger partial charge in [0.15, 0.2) is 5.82 Å². The fourth-order valence-corrected chi connectivity index (χ4v) is 2.18. The Hall–Kier alpha value is -2.43. The minimum Gasteiger partial charge on any atom is -0.327 e. The Balaban J connectivity index is 1.83. The lowest BCUT2D eigenvalue weighted by atomic mass is 10.2. The average Bonchev–Trinajstić information content (AvgIpc) is 3.09. The van der Waals surface area contributed by atoms with E-state index in [1.165, 1.54) is 0 Å². The summed E-state index contributed by atoms with van der Waals surface area (Å²) in [6.45, 7) is 4.91. The van der Waals surface area contributed by atoms with Crippen molar-refractivity contribution < 1.29 is 0 Å². The number of nitrogens with zero attached hydrogens (tertiary/aromatic N) is 5. The maximum Gasteiger partial charge on any atom is 0.170 e. The highest BCUT2D eigenvalue weighted by atomic mass is 15.3. The van der Waals surface area contributed by atoms with E-state index in [0.717, 1.165) is 17.3 Å². The van der Waals surface area contributed by atoms with E-state index in [2.05, 4.69) is 33.5 Å². The van der Waals surface area contributed by atoms with Crippen molar-refractivity contribution in [2.45, 2.75) is 26.3 Å². The van der Waals surface area contributed by atoms with Gasteiger partial charge in [-0.25, -0.2) is 14.6 Å². The van der Waals surface area contributed by atoms with Crippen LogP contribution >= 0.6 is 0 Å². The first-order valence-electron chi connectivity index (χ1n) is 6.71. The smallest absolute Gasteiger partial charge is 0.170 e. The number of hydrogen-bond acceptors (Lipinski definition) is 3. The second-order valence-electron chi connectivity index (χ2n) is 5.01. The third-order valence-electron chi connectivity index (χ3n) is 3.14. The predicted octanol–water partition coefficient (Wildman–Crippen LogP) is 2.64. The monoisotopic (exact) mass is 267 g/mol. The first kappa shape index (κ1) is 12.6. The summed E-state index contributed by atoms with van der Waals surface area (Å²) in [6, 6.07) is 9.99. The molecule has 5 nitrogen and oxygen atoms in total. The first-order valence-corrected chi connectivity index (χ1v) is 6.71. The number of rotatable bonds is 4. The van der Waals surface area contributed by atoms with E-state index in [1.54, 1.807) is 11.0 Å². The van der Waals surface area contributed by atoms with Gasteiger partial charge in [0.05, 0.1) is 12.2 Å². The molecular formula is C15H17N5. The van der Waals surface area contributed by atoms with Crippen molar-refractivity contribution in [2.75, 3.05) is 0 Å². The van der Waals surface area contributed by atoms with Gasteiger partial charge in [0.25, 0.3) is 0 Å². The summed E-state index contributed by atoms with van der Waals surface area (Å²) < 4.78 is 3.89. The van der Waals surface area contributed by atoms with Gasteiger partial charge in [-0.2, -0.15) is 0 Å². The van der Waals surface area contributed by atoms with Gasteiger partial charge in [0.2, 0.25) is 0 Å². The van der Waals surface area contributed by atoms with E-state index in [4.69, 9.17) is 0 Å². The van der Waals surface area contributed by atoms with Crippen molar-refractivity contribution in [3.05, 3.63) is 60.7 Å². The minimum absolute atomic E-state index is 0.390. The zero-order chi connectivity index (χ0) is 13.9. The maximum absolute atomic E-state index is 4.51. The van der Waals surface area contributed by atoms with Crippen LogP contribution in [0.15, 0.2) is 49.1 Å². The Morgan fingerprint density at radius 1 is 1.10 bits per heavy atom. The predicted molar refractivity (Wildman–Crippen MR) is 76.8 cm³/mol. The van der Waals surface area contributed by atoms with Crippen LogP contribution in [0.3, 0.4) is 0 Å². The van der Waals surface area contributed by atoms with Crippen molar-refractivity contribution in [1.29, 1.82) is 0 Å². The summed E-state index contributed by atoms with van der Waals surface area (Å²) in [5.74, 6) is 2.23. The van der Waals surface area contributed by atoms with E-state index in [0.29, 0.717) is 12.5 Å². The number of aromatic nitrogens is 5. The van der Waals surface area contributed by atoms with Gasteiger partial charge < -0.3 is 4.57 Å². The van der Waals surface area contributed by atoms with Crippen molar-refractivity contribution >= 4 is 0 Å². The molecule has 0 aliphatic carbocycles. The fourth-order valence-electron chi connectivity index (χ4n) is 2.18. The van der Waals surface area contributed by atoms with Gasteiger partial charge in [0.1, 0.15) is 12.2 Å². The zero-order valence-corrected chi connectivity index (χ0v) is 11.6. The molecule has 0 fully saturated rings. The first-order chi connectivity index (χ1) is 9.74. The van der Waals surface area contributed by atoms with Crippen LogP contribution in [0.25, 0.3) is 5.69 Å². The topological polar surface area (TPSA) is 48.5 Å². The highest BCUT2D eigenvalue weighted by Gasteiger charge is 2.09. The Morgan fingerprint density at radius 3 is 2.65 bits per heavy atom. The molecule has 0 aliphatic rings. The van der Waals surface area contributed by atoms with Gasteiger partial charge in [-0.15, -0.1) is 5.10 Å². The highest BCUT2D eigenvalue weighted by molar-refractivity contribution is 5.29. The largest absolute Gasteiger partial charge is 0.327 e. The average molecular weight is 267 g/mol. The second-order valence-corrected chi connectivity index (χ2v) is 5.01. The van der Waals surface area contributed by atoms with Crippen molar-refractivity contribution in [3.63, 3.8) is 0 Å². The Bertz CT molecular complexity index is 681. The van der Waals surface area contributed by atoms with Crippen LogP contribution in [0.5, 0.6) is 0 Å². The molecule has 0 aliphatic heterocycles. The Kier molecular flexibility index (Phi) is 3.33. The lowest BCUT2D eigenvalue weighted by Gasteiger charge is -2.07. The second kappa shape index (κ2) is 5.28. The molecule has 0 bridgehead atoms. The molecule has 2 heterocycles. The van der Waals surface area contributed by atoms with Crippen LogP contribution in [-0.4, -0.2) is 24.3 Å². The van der Waals surface area contributed by atoms with Crippen molar-refractivity contribution in [3.8, 4) is 5.69 Å². The number of hydrogen-bond donors (Lipinski definition) is 0. The summed E-state index contributed by atoms with van der Waals surface area (Å²) >= 11 is 0. The lowest BCUT2D eigenvalue weighted by Crippen LogP contribution is -2.07. The van der Waals surface area contributed by atoms with Crippen molar-refractivity contribution in [1.82, 2.24) is 24.3 Å². The van der Waals surface area contributed by atoms with Gasteiger partial charge in [-0.05, 0) is 12.1 Å². The van der Waals surface area contributed by atoms with Gasteiger partial charge in [0, 0.05) is 18.3 Å². The molecule has 0 atom stereocenters. The number of benzene rings is 1. The molecule has 0 saturated carbocycles. The summed E-state index contributed by atoms with van der Waals surface area (Å²) in [5.41, 5.74) is 1.01. The van der Waals surface area contributed by atoms with Crippen molar-refractivity contribution in [2.24, 2.45) is 0 Å². The van der Waals surface area contributed by atoms with E-state index < -0.39 is 0 Å². The van der Waals surface area contributed by atoms with Crippen LogP contribution < -0.4 is 0 Å². The molecule has 0 N–H and O–H groups in total. The van der Waals surface area contributed by atoms with Gasteiger partial charge >= 0.3 is 0 Å². The molecule has 102 valence electrons. The fraction of sp³-hybridized carbons (Fsp3) is 0.267. The van der Waals surface area contributed by atoms with Crippen LogP contribution in [0, 0.1) is 0 Å². The van der Waals surface area contributed by atoms with Gasteiger partial charge in [-0.1, -0.05) is 32.0 Å². The van der Waals surface area contributed by atoms with Crippen LogP contribution in [-0.2, 0) is 6.54 Å². The SMILES string of the molecule is CC(C)c1nccn1Cc1ncn(-c2ccccc2)n1. The van der Waals surface area contributed by atoms with E-state index in [1.807, 2.05) is 42.7 Å². The maximum atomic E-state index is 4.51. The summed E-state index contributed by atoms with van der Waals surface area (Å²) in [7, 11) is 0. The molecule has 3 aromatic rings. The molecule has 0 spiro atoms. The highest BCUT2D eigenvalue weighted by Crippen LogP contribution is 2.13. The molecule has 0 saturated heterocycles. The van der Waals surface area contributed by atoms with Gasteiger partial charge in [-0.3, -0.25) is 0 Å². The third-order valence-corrected chi connectivity index (χ3v) is 3.14. The summed E-state index contributed by atoms with van der Waals surface area (Å²) in [5, 5.41) is 4.51. The standard InChI is InChI=1S/C15H17N5/c1-12(2)15-16-8-9-19(15)10-14-17-11-20(18-14)13-6-4-3-5-7-13/h3-9,11-12H,10H2,1-2H3. The summed E-state index contributed by atoms with van der Waals surface area (Å²) in [6.07, 6.45) is 5.54. The summed E-state index contributed by atoms with van der Waals surface area (Å²) in [4.78, 5) is 8.75. The van der Waals surface area contributed by atoms with Crippen LogP contribution in [0.4, 0.5) is 0 Å². The molecule has 20 heavy (non-hydrogen) atoms. The molecule has 3 rings (SSSR count). The molecule has 2 aromatic heterocycles. The molecule has 1 aromatic carbocycles. The quantitative estimate of drug-likeness (QED) is 0.730. The number of imidazole rings is 1. The molecule has 0 radical (unpaired) electrons. The lowest BCUT2D eigenvalue weighted by molar-refractivity contribution is 0.647. The number of para-hydroxylation sites is 1. The van der Waals surface area contributed by atoms with E-state index >= 15 is 0 Å². The molecule has 0 unspecified atom stereocenters. The van der Waals surface area contributed by atoms with E-state index in [9.17, 15) is 0 Å². The van der Waals surface area contributed by atoms with Crippen LogP contribution in [0.1, 0.15) is 31.4 Å². The molecule has 0 amide bonds. The Labute approximate surface area is 117 Å². The molecular weight excluding hydrogens is 250 g/mol. The Morgan fingerprint density at radius 2 is 1.90 bits per heavy atom. The minimum atomic E-state index is 0.390. The van der Waals surface area contributed by atoms with E-state index in [-0.39, 0.29) is 0 Å². The molecule has 5 heteroatoms.